The van der Waals surface area contributed by atoms with Crippen LogP contribution in [0.2, 0.25) is 0 Å². The molecule has 11 aromatic rings. The molecule has 3 aliphatic rings. The van der Waals surface area contributed by atoms with E-state index < -0.39 is 5.41 Å². The average molecular weight is 906 g/mol. The summed E-state index contributed by atoms with van der Waals surface area (Å²) in [6.07, 6.45) is 6.63. The Morgan fingerprint density at radius 1 is 0.380 bits per heavy atom. The minimum atomic E-state index is -0.654. The molecule has 0 aromatic heterocycles. The highest BCUT2D eigenvalue weighted by atomic mass is 16.5. The molecule has 334 valence electrons. The summed E-state index contributed by atoms with van der Waals surface area (Å²) in [6.45, 7) is 0. The molecule has 14 rings (SSSR count). The first-order valence-electron chi connectivity index (χ1n) is 24.8. The van der Waals surface area contributed by atoms with Crippen LogP contribution in [-0.2, 0) is 11.8 Å². The molecule has 2 heteroatoms. The topological polar surface area (TPSA) is 12.5 Å². The third-order valence-corrected chi connectivity index (χ3v) is 15.2. The van der Waals surface area contributed by atoms with Crippen LogP contribution >= 0.6 is 0 Å². The number of fused-ring (bicyclic) bond motifs is 13. The Kier molecular flexibility index (Phi) is 9.60. The molecule has 0 amide bonds. The fourth-order valence-electron chi connectivity index (χ4n) is 12.1. The van der Waals surface area contributed by atoms with Crippen molar-refractivity contribution in [1.29, 1.82) is 0 Å². The van der Waals surface area contributed by atoms with Crippen molar-refractivity contribution in [2.45, 2.75) is 18.3 Å². The average Bonchev–Trinajstić information content (AvgIpc) is 3.74. The molecule has 1 spiro atoms. The normalized spacial score (nSPS) is 14.8. The number of hydrogen-bond donors (Lipinski definition) is 0. The van der Waals surface area contributed by atoms with Crippen LogP contribution in [-0.4, -0.2) is 0 Å². The number of nitrogens with zero attached hydrogens (tertiary/aromatic N) is 1. The van der Waals surface area contributed by atoms with Gasteiger partial charge in [0.15, 0.2) is 0 Å². The van der Waals surface area contributed by atoms with Crippen molar-refractivity contribution in [3.63, 3.8) is 0 Å². The highest BCUT2D eigenvalue weighted by Gasteiger charge is 2.52. The maximum Gasteiger partial charge on any atom is 0.140 e. The molecule has 0 bridgehead atoms. The summed E-state index contributed by atoms with van der Waals surface area (Å²) in [5, 5.41) is 2.29. The number of allylic oxidation sites excluding steroid dienone is 1. The van der Waals surface area contributed by atoms with Crippen LogP contribution in [0.1, 0.15) is 39.8 Å². The summed E-state index contributed by atoms with van der Waals surface area (Å²) in [5.41, 5.74) is 21.8. The lowest BCUT2D eigenvalue weighted by Gasteiger charge is -2.41. The van der Waals surface area contributed by atoms with Crippen molar-refractivity contribution in [3.05, 3.63) is 288 Å². The maximum atomic E-state index is 7.34. The Balaban J connectivity index is 1.06. The van der Waals surface area contributed by atoms with E-state index in [2.05, 4.69) is 266 Å². The molecule has 1 atom stereocenters. The van der Waals surface area contributed by atoms with Crippen molar-refractivity contribution in [1.82, 2.24) is 0 Å². The minimum absolute atomic E-state index is 0.654. The predicted octanol–water partition coefficient (Wildman–Crippen LogP) is 18.4. The first-order valence-corrected chi connectivity index (χ1v) is 24.8. The highest BCUT2D eigenvalue weighted by molar-refractivity contribution is 6.03. The summed E-state index contributed by atoms with van der Waals surface area (Å²) < 4.78 is 7.34. The molecule has 0 fully saturated rings. The van der Waals surface area contributed by atoms with Crippen molar-refractivity contribution in [2.75, 3.05) is 4.90 Å². The molecule has 11 aromatic carbocycles. The summed E-state index contributed by atoms with van der Waals surface area (Å²) in [5.74, 6) is 1.90. The number of anilines is 3. The quantitative estimate of drug-likeness (QED) is 0.158. The Labute approximate surface area is 415 Å². The van der Waals surface area contributed by atoms with E-state index in [1.54, 1.807) is 0 Å². The summed E-state index contributed by atoms with van der Waals surface area (Å²) in [4.78, 5) is 2.51. The van der Waals surface area contributed by atoms with Crippen molar-refractivity contribution < 1.29 is 4.74 Å². The number of rotatable bonds is 7. The number of ether oxygens (including phenoxy) is 1. The van der Waals surface area contributed by atoms with Gasteiger partial charge in [0.1, 0.15) is 11.5 Å². The Morgan fingerprint density at radius 3 is 1.82 bits per heavy atom. The van der Waals surface area contributed by atoms with Gasteiger partial charge in [-0.1, -0.05) is 237 Å². The van der Waals surface area contributed by atoms with Gasteiger partial charge in [-0.3, -0.25) is 0 Å². The second kappa shape index (κ2) is 16.6. The van der Waals surface area contributed by atoms with Crippen molar-refractivity contribution in [2.24, 2.45) is 0 Å². The zero-order valence-corrected chi connectivity index (χ0v) is 39.1. The molecular weight excluding hydrogens is 859 g/mol. The molecule has 1 heterocycles. The molecule has 0 saturated heterocycles. The second-order valence-corrected chi connectivity index (χ2v) is 19.0. The van der Waals surface area contributed by atoms with Gasteiger partial charge in [-0.2, -0.15) is 0 Å². The van der Waals surface area contributed by atoms with Gasteiger partial charge in [0.2, 0.25) is 0 Å². The fourth-order valence-corrected chi connectivity index (χ4v) is 12.1. The predicted molar refractivity (Wildman–Crippen MR) is 295 cm³/mol. The molecule has 2 nitrogen and oxygen atoms in total. The van der Waals surface area contributed by atoms with Crippen LogP contribution < -0.4 is 9.64 Å². The molecule has 1 unspecified atom stereocenters. The van der Waals surface area contributed by atoms with Crippen LogP contribution in [0.3, 0.4) is 0 Å². The van der Waals surface area contributed by atoms with Gasteiger partial charge in [0.05, 0.1) is 16.8 Å². The molecule has 71 heavy (non-hydrogen) atoms. The molecular formula is C69H47NO. The number of benzene rings is 11. The van der Waals surface area contributed by atoms with E-state index in [0.717, 1.165) is 74.6 Å². The Bertz CT molecular complexity index is 3910. The van der Waals surface area contributed by atoms with E-state index in [9.17, 15) is 0 Å². The monoisotopic (exact) mass is 905 g/mol. The lowest BCUT2D eigenvalue weighted by molar-refractivity contribution is 0.439. The van der Waals surface area contributed by atoms with Gasteiger partial charge >= 0.3 is 0 Å². The van der Waals surface area contributed by atoms with Crippen molar-refractivity contribution >= 4 is 33.9 Å². The standard InChI is InChI=1S/C69H47NO/c1-4-20-46(21-5-1)51-28-18-29-53(44-51)70(65-45-52(47-22-6-2-7-23-47)38-41-54(65)48-24-8-3-9-25-48)64-37-17-15-32-57(64)58-34-19-36-61-66(58)59-33-14-16-35-60(59)69(61)62-42-39-49-26-10-12-30-55(49)67(62)71-68-56-31-13-11-27-50(56)40-43-63(68)69/h1-10,12-26,28-45H,11,27H2. The Hall–Kier alpha value is -8.98. The molecule has 1 aliphatic heterocycles. The molecule has 0 saturated carbocycles. The lowest BCUT2D eigenvalue weighted by Crippen LogP contribution is -2.32. The maximum absolute atomic E-state index is 7.34. The summed E-state index contributed by atoms with van der Waals surface area (Å²) in [6, 6.07) is 91.6. The van der Waals surface area contributed by atoms with E-state index >= 15 is 0 Å². The lowest BCUT2D eigenvalue weighted by atomic mass is 9.65. The first kappa shape index (κ1) is 41.0. The number of para-hydroxylation sites is 1. The van der Waals surface area contributed by atoms with Crippen LogP contribution in [0.5, 0.6) is 11.5 Å². The largest absolute Gasteiger partial charge is 0.455 e. The van der Waals surface area contributed by atoms with Crippen LogP contribution in [0.15, 0.2) is 255 Å². The van der Waals surface area contributed by atoms with E-state index in [-0.39, 0.29) is 0 Å². The number of aryl methyl sites for hydroxylation is 1. The van der Waals surface area contributed by atoms with Gasteiger partial charge in [0.25, 0.3) is 0 Å². The second-order valence-electron chi connectivity index (χ2n) is 19.0. The third kappa shape index (κ3) is 6.42. The molecule has 0 N–H and O–H groups in total. The van der Waals surface area contributed by atoms with Crippen LogP contribution in [0.4, 0.5) is 17.1 Å². The first-order chi connectivity index (χ1) is 35.2. The fraction of sp³-hybridized carbons (Fsp3) is 0.0435. The summed E-state index contributed by atoms with van der Waals surface area (Å²) >= 11 is 0. The SMILES string of the molecule is C1=Cc2c(ccc3c2Oc2c(ccc4ccccc24)C32c3ccccc3-c3c(-c4ccccc4N(c4cccc(-c5ccccc5)c4)c4cc(-c5ccccc5)ccc4-c4ccccc4)cccc32)CC1. The number of hydrogen-bond acceptors (Lipinski definition) is 2. The minimum Gasteiger partial charge on any atom is -0.455 e. The third-order valence-electron chi connectivity index (χ3n) is 15.2. The summed E-state index contributed by atoms with van der Waals surface area (Å²) in [7, 11) is 0. The van der Waals surface area contributed by atoms with E-state index in [0.29, 0.717) is 0 Å². The Morgan fingerprint density at radius 2 is 1.00 bits per heavy atom. The van der Waals surface area contributed by atoms with Crippen LogP contribution in [0.25, 0.3) is 72.5 Å². The smallest absolute Gasteiger partial charge is 0.140 e. The molecule has 0 radical (unpaired) electrons. The van der Waals surface area contributed by atoms with Crippen molar-refractivity contribution in [3.8, 4) is 67.1 Å². The molecule has 2 aliphatic carbocycles. The van der Waals surface area contributed by atoms with Gasteiger partial charge in [-0.05, 0) is 104 Å². The highest BCUT2D eigenvalue weighted by Crippen LogP contribution is 2.65. The van der Waals surface area contributed by atoms with E-state index in [4.69, 9.17) is 4.74 Å². The zero-order valence-electron chi connectivity index (χ0n) is 39.1. The van der Waals surface area contributed by atoms with E-state index in [1.807, 2.05) is 0 Å². The van der Waals surface area contributed by atoms with Gasteiger partial charge in [-0.15, -0.1) is 0 Å². The van der Waals surface area contributed by atoms with Gasteiger partial charge in [0, 0.05) is 38.9 Å². The van der Waals surface area contributed by atoms with Gasteiger partial charge < -0.3 is 9.64 Å². The van der Waals surface area contributed by atoms with Gasteiger partial charge in [-0.25, -0.2) is 0 Å². The van der Waals surface area contributed by atoms with E-state index in [1.165, 1.54) is 66.6 Å². The van der Waals surface area contributed by atoms with Crippen LogP contribution in [0, 0.1) is 0 Å². The zero-order chi connectivity index (χ0) is 46.9.